The Morgan fingerprint density at radius 1 is 1.21 bits per heavy atom. The van der Waals surface area contributed by atoms with Gasteiger partial charge in [-0.25, -0.2) is 19.4 Å². The molecule has 0 unspecified atom stereocenters. The predicted molar refractivity (Wildman–Crippen MR) is 149 cm³/mol. The van der Waals surface area contributed by atoms with Crippen molar-refractivity contribution in [2.45, 2.75) is 37.2 Å². The maximum atomic E-state index is 13.9. The molecule has 0 radical (unpaired) electrons. The Morgan fingerprint density at radius 2 is 2.02 bits per heavy atom. The second kappa shape index (κ2) is 11.0. The van der Waals surface area contributed by atoms with Gasteiger partial charge in [0, 0.05) is 41.9 Å². The highest BCUT2D eigenvalue weighted by molar-refractivity contribution is 6.19. The largest absolute Gasteiger partial charge is 0.494 e. The molecule has 3 aliphatic rings. The summed E-state index contributed by atoms with van der Waals surface area (Å²) in [6.07, 6.45) is -2.23. The van der Waals surface area contributed by atoms with Crippen LogP contribution in [0.1, 0.15) is 35.6 Å². The van der Waals surface area contributed by atoms with Crippen molar-refractivity contribution in [1.82, 2.24) is 9.97 Å². The molecule has 0 saturated carbocycles. The van der Waals surface area contributed by atoms with Gasteiger partial charge in [-0.1, -0.05) is 12.6 Å². The van der Waals surface area contributed by atoms with Crippen LogP contribution >= 0.6 is 0 Å². The van der Waals surface area contributed by atoms with Gasteiger partial charge in [0.2, 0.25) is 5.91 Å². The third-order valence-corrected chi connectivity index (χ3v) is 7.88. The zero-order valence-corrected chi connectivity index (χ0v) is 23.0. The molecular formula is C29H28F4N6O4. The zero-order valence-electron chi connectivity index (χ0n) is 23.0. The van der Waals surface area contributed by atoms with Crippen LogP contribution < -0.4 is 25.8 Å². The van der Waals surface area contributed by atoms with Gasteiger partial charge in [-0.15, -0.1) is 0 Å². The molecule has 2 aromatic carbocycles. The molecule has 3 N–H and O–H groups in total. The molecule has 10 nitrogen and oxygen atoms in total. The van der Waals surface area contributed by atoms with Crippen LogP contribution in [-0.2, 0) is 20.5 Å². The first-order valence-corrected chi connectivity index (χ1v) is 13.5. The summed E-state index contributed by atoms with van der Waals surface area (Å²) in [4.78, 5) is 28.6. The molecule has 1 aromatic heterocycles. The Balaban J connectivity index is 1.31. The Kier molecular flexibility index (Phi) is 7.34. The quantitative estimate of drug-likeness (QED) is 0.279. The van der Waals surface area contributed by atoms with E-state index in [1.165, 1.54) is 24.6 Å². The van der Waals surface area contributed by atoms with Crippen molar-refractivity contribution in [2.24, 2.45) is 5.73 Å². The summed E-state index contributed by atoms with van der Waals surface area (Å²) in [7, 11) is 1.51. The number of benzene rings is 2. The Bertz CT molecular complexity index is 1590. The van der Waals surface area contributed by atoms with Gasteiger partial charge >= 0.3 is 6.18 Å². The van der Waals surface area contributed by atoms with Gasteiger partial charge in [0.1, 0.15) is 23.7 Å². The van der Waals surface area contributed by atoms with E-state index in [9.17, 15) is 22.4 Å². The van der Waals surface area contributed by atoms with Crippen molar-refractivity contribution < 1.29 is 36.7 Å². The van der Waals surface area contributed by atoms with Gasteiger partial charge < -0.3 is 25.4 Å². The smallest absolute Gasteiger partial charge is 0.419 e. The van der Waals surface area contributed by atoms with E-state index in [2.05, 4.69) is 26.8 Å². The summed E-state index contributed by atoms with van der Waals surface area (Å²) in [5, 5.41) is 4.55. The Hall–Kier alpha value is -4.43. The molecule has 3 aliphatic heterocycles. The fourth-order valence-corrected chi connectivity index (χ4v) is 5.78. The van der Waals surface area contributed by atoms with Crippen molar-refractivity contribution in [2.75, 3.05) is 42.1 Å². The van der Waals surface area contributed by atoms with Crippen LogP contribution in [0.4, 0.5) is 40.6 Å². The lowest BCUT2D eigenvalue weighted by Gasteiger charge is -2.31. The summed E-state index contributed by atoms with van der Waals surface area (Å²) in [5.74, 6) is -0.984. The number of morpholine rings is 1. The number of halogens is 4. The highest BCUT2D eigenvalue weighted by Crippen LogP contribution is 2.43. The highest BCUT2D eigenvalue weighted by atomic mass is 19.4. The maximum absolute atomic E-state index is 13.9. The number of alkyl halides is 3. The van der Waals surface area contributed by atoms with Crippen molar-refractivity contribution in [3.8, 4) is 5.75 Å². The van der Waals surface area contributed by atoms with E-state index in [-0.39, 0.29) is 35.7 Å². The molecule has 4 heterocycles. The van der Waals surface area contributed by atoms with Gasteiger partial charge in [-0.2, -0.15) is 13.2 Å². The van der Waals surface area contributed by atoms with E-state index in [4.69, 9.17) is 20.0 Å². The number of amides is 1. The average molecular weight is 601 g/mol. The van der Waals surface area contributed by atoms with Gasteiger partial charge in [0.25, 0.3) is 0 Å². The number of hydroxylamine groups is 1. The van der Waals surface area contributed by atoms with Gasteiger partial charge in [0.15, 0.2) is 5.82 Å². The van der Waals surface area contributed by atoms with Gasteiger partial charge in [-0.3, -0.25) is 9.63 Å². The highest BCUT2D eigenvalue weighted by Gasteiger charge is 2.41. The molecule has 14 heteroatoms. The number of hydrogen-bond donors (Lipinski definition) is 2. The number of ether oxygens (including phenoxy) is 2. The minimum Gasteiger partial charge on any atom is -0.494 e. The van der Waals surface area contributed by atoms with Gasteiger partial charge in [-0.05, 0) is 30.2 Å². The van der Waals surface area contributed by atoms with E-state index in [1.807, 2.05) is 0 Å². The van der Waals surface area contributed by atoms with Crippen molar-refractivity contribution in [1.29, 1.82) is 0 Å². The van der Waals surface area contributed by atoms with Crippen LogP contribution in [0.15, 0.2) is 49.3 Å². The molecule has 3 fully saturated rings. The molecule has 0 spiro atoms. The number of aromatic nitrogens is 2. The topological polar surface area (TPSA) is 115 Å². The standard InChI is InChI=1S/C29H28F4N6O4/c1-15(28(34)40)19-9-22(25(41-2)10-24(19)38-12-18-8-17(38)13-42-18)37-26-11-27(36-14-35-26)39-23(5-6-43-39)16-3-4-21(30)20(7-16)29(31,32)33/h3-4,7,9-11,14,17-18,23H,1,5-6,8,12-13H2,2H3,(H2,34,40)(H,35,36,37)/t17-,18-,23+/m0/s1. The number of rotatable bonds is 8. The number of carbonyl (C=O) groups is 1. The molecular weight excluding hydrogens is 572 g/mol. The second-order valence-corrected chi connectivity index (χ2v) is 10.5. The van der Waals surface area contributed by atoms with Crippen LogP contribution in [0.5, 0.6) is 5.75 Å². The van der Waals surface area contributed by atoms with E-state index in [1.54, 1.807) is 18.2 Å². The van der Waals surface area contributed by atoms with Crippen molar-refractivity contribution in [3.05, 3.63) is 71.8 Å². The number of primary amides is 1. The predicted octanol–water partition coefficient (Wildman–Crippen LogP) is 4.75. The summed E-state index contributed by atoms with van der Waals surface area (Å²) in [5.41, 5.74) is 6.36. The molecule has 226 valence electrons. The second-order valence-electron chi connectivity index (χ2n) is 10.5. The fraction of sp³-hybridized carbons (Fsp3) is 0.345. The number of nitrogens with one attached hydrogen (secondary N) is 1. The van der Waals surface area contributed by atoms with Crippen molar-refractivity contribution in [3.63, 3.8) is 0 Å². The van der Waals surface area contributed by atoms with Gasteiger partial charge in [0.05, 0.1) is 49.8 Å². The molecule has 0 aliphatic carbocycles. The molecule has 3 saturated heterocycles. The number of methoxy groups -OCH3 is 1. The lowest BCUT2D eigenvalue weighted by atomic mass is 10.0. The number of nitrogens with zero attached hydrogens (tertiary/aromatic N) is 4. The lowest BCUT2D eigenvalue weighted by molar-refractivity contribution is -0.140. The van der Waals surface area contributed by atoms with Crippen LogP contribution in [0, 0.1) is 5.82 Å². The number of fused-ring (bicyclic) bond motifs is 2. The number of carbonyl (C=O) groups excluding carboxylic acids is 1. The van der Waals surface area contributed by atoms with Crippen LogP contribution in [0.25, 0.3) is 5.57 Å². The number of hydrogen-bond acceptors (Lipinski definition) is 9. The van der Waals surface area contributed by atoms with E-state index < -0.39 is 29.5 Å². The SMILES string of the molecule is C=C(C(N)=O)c1cc(Nc2cc(N3OCC[C@@H]3c3ccc(F)c(C(F)(F)F)c3)ncn2)c(OC)cc1N1C[C@@H]2C[C@H]1CO2. The first-order valence-electron chi connectivity index (χ1n) is 13.5. The van der Waals surface area contributed by atoms with Crippen LogP contribution in [0.2, 0.25) is 0 Å². The first-order chi connectivity index (χ1) is 20.5. The zero-order chi connectivity index (χ0) is 30.5. The average Bonchev–Trinajstić information content (AvgIpc) is 3.74. The normalized spacial score (nSPS) is 21.4. The van der Waals surface area contributed by atoms with Crippen LogP contribution in [0.3, 0.4) is 0 Å². The van der Waals surface area contributed by atoms with E-state index in [0.717, 1.165) is 24.2 Å². The molecule has 1 amide bonds. The maximum Gasteiger partial charge on any atom is 0.419 e. The third-order valence-electron chi connectivity index (χ3n) is 7.88. The Labute approximate surface area is 244 Å². The molecule has 6 rings (SSSR count). The number of anilines is 4. The monoisotopic (exact) mass is 600 g/mol. The third kappa shape index (κ3) is 5.43. The van der Waals surface area contributed by atoms with E-state index >= 15 is 0 Å². The minimum atomic E-state index is -4.84. The molecule has 43 heavy (non-hydrogen) atoms. The summed E-state index contributed by atoms with van der Waals surface area (Å²) >= 11 is 0. The number of nitrogens with two attached hydrogens (primary N) is 1. The van der Waals surface area contributed by atoms with Crippen LogP contribution in [-0.4, -0.2) is 54.9 Å². The summed E-state index contributed by atoms with van der Waals surface area (Å²) in [6, 6.07) is 7.47. The summed E-state index contributed by atoms with van der Waals surface area (Å²) < 4.78 is 65.4. The van der Waals surface area contributed by atoms with E-state index in [0.29, 0.717) is 42.4 Å². The Morgan fingerprint density at radius 3 is 2.70 bits per heavy atom. The molecule has 3 aromatic rings. The van der Waals surface area contributed by atoms with Crippen molar-refractivity contribution >= 4 is 34.5 Å². The molecule has 3 atom stereocenters. The lowest BCUT2D eigenvalue weighted by Crippen LogP contribution is -2.37. The fourth-order valence-electron chi connectivity index (χ4n) is 5.78. The summed E-state index contributed by atoms with van der Waals surface area (Å²) in [6.45, 7) is 5.36. The molecule has 2 bridgehead atoms. The first kappa shape index (κ1) is 28.7. The minimum absolute atomic E-state index is 0.106.